The number of hydrogen-bond acceptors (Lipinski definition) is 8. The molecular weight excluding hydrogens is 559 g/mol. The Bertz CT molecular complexity index is 1240. The van der Waals surface area contributed by atoms with E-state index in [4.69, 9.17) is 4.74 Å². The van der Waals surface area contributed by atoms with E-state index in [1.807, 2.05) is 60.0 Å². The average Bonchev–Trinajstić information content (AvgIpc) is 3.32. The third-order valence-corrected chi connectivity index (χ3v) is 7.47. The van der Waals surface area contributed by atoms with Gasteiger partial charge < -0.3 is 30.1 Å². The normalized spacial score (nSPS) is 17.9. The summed E-state index contributed by atoms with van der Waals surface area (Å²) >= 11 is 4.27. The van der Waals surface area contributed by atoms with Gasteiger partial charge in [-0.1, -0.05) is 12.1 Å². The van der Waals surface area contributed by atoms with Crippen molar-refractivity contribution in [2.75, 3.05) is 75.0 Å². The van der Waals surface area contributed by atoms with Crippen molar-refractivity contribution in [3.05, 3.63) is 53.8 Å². The Morgan fingerprint density at radius 2 is 1.83 bits per heavy atom. The second kappa shape index (κ2) is 14.7. The van der Waals surface area contributed by atoms with Gasteiger partial charge in [0.1, 0.15) is 11.9 Å². The molecule has 2 atom stereocenters. The molecule has 3 amide bonds. The van der Waals surface area contributed by atoms with Gasteiger partial charge in [-0.2, -0.15) is 12.6 Å². The lowest BCUT2D eigenvalue weighted by Crippen LogP contribution is -2.49. The van der Waals surface area contributed by atoms with E-state index in [-0.39, 0.29) is 23.3 Å². The lowest BCUT2D eigenvalue weighted by atomic mass is 10.1. The first kappa shape index (κ1) is 31.6. The summed E-state index contributed by atoms with van der Waals surface area (Å²) in [7, 11) is 3.69. The van der Waals surface area contributed by atoms with E-state index >= 15 is 4.39 Å². The third kappa shape index (κ3) is 8.83. The molecule has 0 aromatic heterocycles. The van der Waals surface area contributed by atoms with Crippen molar-refractivity contribution in [3.8, 4) is 0 Å². The molecule has 2 aliphatic rings. The number of halogens is 1. The second-order valence-electron chi connectivity index (χ2n) is 11.0. The molecule has 0 saturated carbocycles. The van der Waals surface area contributed by atoms with Gasteiger partial charge in [-0.05, 0) is 69.8 Å². The van der Waals surface area contributed by atoms with Gasteiger partial charge in [0.25, 0.3) is 0 Å². The summed E-state index contributed by atoms with van der Waals surface area (Å²) in [5.41, 5.74) is 2.78. The third-order valence-electron chi connectivity index (χ3n) is 7.28. The highest BCUT2D eigenvalue weighted by atomic mass is 32.1. The molecule has 2 N–H and O–H groups in total. The number of amides is 3. The number of carbonyl (C=O) groups excluding carboxylic acids is 3. The van der Waals surface area contributed by atoms with E-state index in [0.717, 1.165) is 24.1 Å². The number of nitrogens with zero attached hydrogens (tertiary/aromatic N) is 4. The molecule has 10 nitrogen and oxygen atoms in total. The molecule has 2 heterocycles. The van der Waals surface area contributed by atoms with Crippen molar-refractivity contribution < 1.29 is 23.5 Å². The summed E-state index contributed by atoms with van der Waals surface area (Å²) in [6.45, 7) is 5.15. The van der Waals surface area contributed by atoms with Crippen molar-refractivity contribution in [2.24, 2.45) is 0 Å². The molecular formula is C30H41FN6O4S. The van der Waals surface area contributed by atoms with Crippen LogP contribution in [0.1, 0.15) is 25.3 Å². The van der Waals surface area contributed by atoms with Crippen molar-refractivity contribution in [1.29, 1.82) is 0 Å². The van der Waals surface area contributed by atoms with Crippen LogP contribution in [0.15, 0.2) is 42.5 Å². The first-order valence-electron chi connectivity index (χ1n) is 14.3. The number of nitrogens with one attached hydrogen (secondary N) is 2. The molecule has 1 unspecified atom stereocenters. The molecule has 2 aromatic carbocycles. The first-order valence-corrected chi connectivity index (χ1v) is 14.9. The van der Waals surface area contributed by atoms with Gasteiger partial charge in [0.2, 0.25) is 11.8 Å². The number of anilines is 3. The number of hydrogen-bond donors (Lipinski definition) is 3. The van der Waals surface area contributed by atoms with Crippen molar-refractivity contribution in [1.82, 2.24) is 15.1 Å². The first-order chi connectivity index (χ1) is 20.1. The Morgan fingerprint density at radius 1 is 1.12 bits per heavy atom. The topological polar surface area (TPSA) is 97.5 Å². The summed E-state index contributed by atoms with van der Waals surface area (Å²) in [4.78, 5) is 44.1. The molecule has 228 valence electrons. The lowest BCUT2D eigenvalue weighted by Gasteiger charge is -2.36. The van der Waals surface area contributed by atoms with Gasteiger partial charge in [-0.3, -0.25) is 14.5 Å². The maximum Gasteiger partial charge on any atom is 0.414 e. The zero-order valence-corrected chi connectivity index (χ0v) is 25.4. The SMILES string of the molecule is CC(S)NC[C@@H]1CN(c2ccc(N3CCN(C(=O)CCCc4ccc(NC(=O)CN(C)C)cc4)CC3)c(F)c2)C(=O)O1. The average molecular weight is 601 g/mol. The summed E-state index contributed by atoms with van der Waals surface area (Å²) in [5.74, 6) is -0.371. The minimum absolute atomic E-state index is 0.0239. The molecule has 0 aliphatic carbocycles. The van der Waals surface area contributed by atoms with Gasteiger partial charge in [-0.25, -0.2) is 9.18 Å². The molecule has 42 heavy (non-hydrogen) atoms. The van der Waals surface area contributed by atoms with Gasteiger partial charge in [0, 0.05) is 50.2 Å². The molecule has 2 fully saturated rings. The quantitative estimate of drug-likeness (QED) is 0.254. The Morgan fingerprint density at radius 3 is 2.48 bits per heavy atom. The fourth-order valence-corrected chi connectivity index (χ4v) is 5.21. The van der Waals surface area contributed by atoms with Crippen LogP contribution in [-0.2, 0) is 20.7 Å². The van der Waals surface area contributed by atoms with E-state index in [1.165, 1.54) is 11.0 Å². The molecule has 4 rings (SSSR count). The molecule has 0 bridgehead atoms. The number of aryl methyl sites for hydroxylation is 1. The van der Waals surface area contributed by atoms with Gasteiger partial charge >= 0.3 is 6.09 Å². The van der Waals surface area contributed by atoms with E-state index < -0.39 is 11.9 Å². The van der Waals surface area contributed by atoms with Crippen LogP contribution < -0.4 is 20.4 Å². The van der Waals surface area contributed by atoms with Crippen LogP contribution in [0.5, 0.6) is 0 Å². The van der Waals surface area contributed by atoms with Crippen LogP contribution in [0, 0.1) is 5.82 Å². The lowest BCUT2D eigenvalue weighted by molar-refractivity contribution is -0.131. The van der Waals surface area contributed by atoms with Gasteiger partial charge in [0.15, 0.2) is 0 Å². The Kier molecular flexibility index (Phi) is 11.1. The predicted molar refractivity (Wildman–Crippen MR) is 166 cm³/mol. The summed E-state index contributed by atoms with van der Waals surface area (Å²) in [5, 5.41) is 5.97. The Hall–Kier alpha value is -3.35. The fourth-order valence-electron chi connectivity index (χ4n) is 5.10. The van der Waals surface area contributed by atoms with Crippen LogP contribution in [0.3, 0.4) is 0 Å². The maximum atomic E-state index is 15.1. The van der Waals surface area contributed by atoms with Crippen molar-refractivity contribution in [2.45, 2.75) is 37.7 Å². The monoisotopic (exact) mass is 600 g/mol. The number of thiol groups is 1. The minimum atomic E-state index is -0.492. The fraction of sp³-hybridized carbons (Fsp3) is 0.500. The van der Waals surface area contributed by atoms with Crippen LogP contribution in [0.4, 0.5) is 26.2 Å². The standard InChI is InChI=1S/C30H41FN6O4S/c1-21(42)32-18-25-19-37(30(40)41-25)24-11-12-27(26(31)17-24)35-13-15-36(16-14-35)29(39)6-4-5-22-7-9-23(10-8-22)33-28(38)20-34(2)3/h7-12,17,21,25,32,42H,4-6,13-16,18-20H2,1-3H3,(H,33,38)/t21?,25-/m1/s1. The molecule has 0 radical (unpaired) electrons. The Balaban J connectivity index is 1.20. The second-order valence-corrected chi connectivity index (χ2v) is 11.8. The number of ether oxygens (including phenoxy) is 1. The highest BCUT2D eigenvalue weighted by Crippen LogP contribution is 2.28. The van der Waals surface area contributed by atoms with Crippen LogP contribution >= 0.6 is 12.6 Å². The van der Waals surface area contributed by atoms with E-state index in [9.17, 15) is 14.4 Å². The Labute approximate surface area is 252 Å². The highest BCUT2D eigenvalue weighted by molar-refractivity contribution is 7.80. The molecule has 2 aliphatic heterocycles. The predicted octanol–water partition coefficient (Wildman–Crippen LogP) is 3.19. The molecule has 0 spiro atoms. The summed E-state index contributed by atoms with van der Waals surface area (Å²) < 4.78 is 20.5. The van der Waals surface area contributed by atoms with Crippen LogP contribution in [-0.4, -0.2) is 99.1 Å². The highest BCUT2D eigenvalue weighted by Gasteiger charge is 2.33. The van der Waals surface area contributed by atoms with Gasteiger partial charge in [0.05, 0.1) is 24.5 Å². The molecule has 12 heteroatoms. The van der Waals surface area contributed by atoms with Crippen LogP contribution in [0.25, 0.3) is 0 Å². The zero-order chi connectivity index (χ0) is 30.2. The summed E-state index contributed by atoms with van der Waals surface area (Å²) in [6.07, 6.45) is 1.12. The number of rotatable bonds is 12. The summed E-state index contributed by atoms with van der Waals surface area (Å²) in [6, 6.07) is 12.5. The number of benzene rings is 2. The van der Waals surface area contributed by atoms with Gasteiger partial charge in [-0.15, -0.1) is 0 Å². The van der Waals surface area contributed by atoms with Crippen LogP contribution in [0.2, 0.25) is 0 Å². The molecule has 2 aromatic rings. The number of cyclic esters (lactones) is 1. The molecule has 2 saturated heterocycles. The number of carbonyl (C=O) groups is 3. The van der Waals surface area contributed by atoms with E-state index in [0.29, 0.717) is 63.6 Å². The largest absolute Gasteiger partial charge is 0.443 e. The maximum absolute atomic E-state index is 15.1. The van der Waals surface area contributed by atoms with E-state index in [2.05, 4.69) is 23.3 Å². The van der Waals surface area contributed by atoms with Crippen molar-refractivity contribution in [3.63, 3.8) is 0 Å². The number of piperazine rings is 1. The minimum Gasteiger partial charge on any atom is -0.443 e. The van der Waals surface area contributed by atoms with Crippen molar-refractivity contribution >= 4 is 47.6 Å². The zero-order valence-electron chi connectivity index (χ0n) is 24.5. The number of likely N-dealkylation sites (N-methyl/N-ethyl adjacent to an activating group) is 1. The van der Waals surface area contributed by atoms with E-state index in [1.54, 1.807) is 12.1 Å². The smallest absolute Gasteiger partial charge is 0.414 e.